The molecule has 2 aromatic rings. The highest BCUT2D eigenvalue weighted by molar-refractivity contribution is 6.21. The van der Waals surface area contributed by atoms with Gasteiger partial charge in [-0.1, -0.05) is 18.2 Å². The van der Waals surface area contributed by atoms with E-state index in [0.29, 0.717) is 5.56 Å². The highest BCUT2D eigenvalue weighted by Gasteiger charge is 2.63. The first kappa shape index (κ1) is 14.7. The Morgan fingerprint density at radius 1 is 1.12 bits per heavy atom. The first-order valence-corrected chi connectivity index (χ1v) is 8.29. The van der Waals surface area contributed by atoms with Crippen LogP contribution in [-0.4, -0.2) is 38.8 Å². The zero-order chi connectivity index (χ0) is 17.1. The van der Waals surface area contributed by atoms with Crippen molar-refractivity contribution >= 4 is 17.8 Å². The van der Waals surface area contributed by atoms with Gasteiger partial charge in [0, 0.05) is 5.56 Å². The highest BCUT2D eigenvalue weighted by atomic mass is 19.1. The molecule has 5 rings (SSSR count). The lowest BCUT2D eigenvalue weighted by atomic mass is 9.81. The van der Waals surface area contributed by atoms with Crippen molar-refractivity contribution in [3.63, 3.8) is 0 Å². The van der Waals surface area contributed by atoms with Gasteiger partial charge in [-0.3, -0.25) is 9.59 Å². The van der Waals surface area contributed by atoms with Gasteiger partial charge in [0.1, 0.15) is 12.1 Å². The standard InChI is InChI=1S/C17H15FN4O3/c18-10-4-2-1-3-9(10)7-21-8-19-17(20-21)22-15(23)13-11-5-6-12(25-11)14(13)16(22)24/h1-4,8,11-14H,5-7H2/t11-,12-,13-,14-/m0/s1. The number of aromatic nitrogens is 3. The number of halogens is 1. The maximum atomic E-state index is 13.8. The first-order valence-electron chi connectivity index (χ1n) is 8.29. The van der Waals surface area contributed by atoms with Crippen LogP contribution in [0.4, 0.5) is 10.3 Å². The van der Waals surface area contributed by atoms with Gasteiger partial charge in [-0.05, 0) is 18.9 Å². The fourth-order valence-electron chi connectivity index (χ4n) is 4.17. The van der Waals surface area contributed by atoms with E-state index >= 15 is 0 Å². The molecule has 3 fully saturated rings. The molecule has 128 valence electrons. The van der Waals surface area contributed by atoms with E-state index < -0.39 is 11.8 Å². The van der Waals surface area contributed by atoms with Crippen molar-refractivity contribution in [1.82, 2.24) is 14.8 Å². The molecule has 0 unspecified atom stereocenters. The summed E-state index contributed by atoms with van der Waals surface area (Å²) in [6.45, 7) is 0.178. The molecule has 3 saturated heterocycles. The van der Waals surface area contributed by atoms with Crippen molar-refractivity contribution < 1.29 is 18.7 Å². The predicted molar refractivity (Wildman–Crippen MR) is 82.9 cm³/mol. The third-order valence-electron chi connectivity index (χ3n) is 5.30. The van der Waals surface area contributed by atoms with E-state index in [0.717, 1.165) is 17.7 Å². The van der Waals surface area contributed by atoms with Gasteiger partial charge < -0.3 is 4.74 Å². The molecule has 4 atom stereocenters. The molecule has 8 heteroatoms. The Kier molecular flexibility index (Phi) is 3.05. The molecule has 7 nitrogen and oxygen atoms in total. The molecule has 0 saturated carbocycles. The molecule has 0 aliphatic carbocycles. The number of hydrogen-bond donors (Lipinski definition) is 0. The number of hydrogen-bond acceptors (Lipinski definition) is 5. The highest BCUT2D eigenvalue weighted by Crippen LogP contribution is 2.48. The van der Waals surface area contributed by atoms with Crippen LogP contribution in [0.15, 0.2) is 30.6 Å². The molecule has 3 aliphatic heterocycles. The number of nitrogens with zero attached hydrogens (tertiary/aromatic N) is 4. The summed E-state index contributed by atoms with van der Waals surface area (Å²) in [6, 6.07) is 6.38. The Hall–Kier alpha value is -2.61. The molecule has 4 heterocycles. The molecule has 2 amide bonds. The average Bonchev–Trinajstić information content (AvgIpc) is 3.35. The molecular formula is C17H15FN4O3. The van der Waals surface area contributed by atoms with Gasteiger partial charge in [0.15, 0.2) is 0 Å². The largest absolute Gasteiger partial charge is 0.373 e. The van der Waals surface area contributed by atoms with Crippen molar-refractivity contribution in [3.05, 3.63) is 42.0 Å². The zero-order valence-electron chi connectivity index (χ0n) is 13.2. The number of carbonyl (C=O) groups excluding carboxylic acids is 2. The maximum Gasteiger partial charge on any atom is 0.258 e. The molecule has 0 N–H and O–H groups in total. The third kappa shape index (κ3) is 2.07. The molecule has 3 aliphatic rings. The fourth-order valence-corrected chi connectivity index (χ4v) is 4.17. The van der Waals surface area contributed by atoms with Gasteiger partial charge in [-0.15, -0.1) is 5.10 Å². The van der Waals surface area contributed by atoms with E-state index in [1.165, 1.54) is 17.1 Å². The van der Waals surface area contributed by atoms with Crippen molar-refractivity contribution in [2.24, 2.45) is 11.8 Å². The topological polar surface area (TPSA) is 77.3 Å². The number of anilines is 1. The quantitative estimate of drug-likeness (QED) is 0.782. The first-order chi connectivity index (χ1) is 12.1. The van der Waals surface area contributed by atoms with E-state index in [1.807, 2.05) is 0 Å². The number of ether oxygens (including phenoxy) is 1. The van der Waals surface area contributed by atoms with Crippen LogP contribution in [0, 0.1) is 17.7 Å². The van der Waals surface area contributed by atoms with Crippen LogP contribution in [0.1, 0.15) is 18.4 Å². The van der Waals surface area contributed by atoms with E-state index in [-0.39, 0.29) is 42.3 Å². The van der Waals surface area contributed by atoms with E-state index in [9.17, 15) is 14.0 Å². The second kappa shape index (κ2) is 5.19. The number of carbonyl (C=O) groups is 2. The lowest BCUT2D eigenvalue weighted by Crippen LogP contribution is -2.35. The van der Waals surface area contributed by atoms with Gasteiger partial charge >= 0.3 is 0 Å². The van der Waals surface area contributed by atoms with Crippen molar-refractivity contribution in [2.75, 3.05) is 4.90 Å². The van der Waals surface area contributed by atoms with E-state index in [4.69, 9.17) is 4.74 Å². The zero-order valence-corrected chi connectivity index (χ0v) is 13.2. The summed E-state index contributed by atoms with van der Waals surface area (Å²) in [5, 5.41) is 4.21. The van der Waals surface area contributed by atoms with Gasteiger partial charge in [0.25, 0.3) is 5.95 Å². The van der Waals surface area contributed by atoms with Crippen molar-refractivity contribution in [2.45, 2.75) is 31.6 Å². The molecule has 2 bridgehead atoms. The molecule has 25 heavy (non-hydrogen) atoms. The molecular weight excluding hydrogens is 327 g/mol. The minimum Gasteiger partial charge on any atom is -0.373 e. The monoisotopic (exact) mass is 342 g/mol. The SMILES string of the molecule is O=C1[C@@H]2[C@@H](C(=O)N1c1ncn(Cc3ccccc3F)n1)[C@@H]1CC[C@@H]2O1. The summed E-state index contributed by atoms with van der Waals surface area (Å²) in [7, 11) is 0. The Labute approximate surface area is 142 Å². The van der Waals surface area contributed by atoms with Crippen molar-refractivity contribution in [3.8, 4) is 0 Å². The third-order valence-corrected chi connectivity index (χ3v) is 5.30. The molecule has 0 spiro atoms. The minimum atomic E-state index is -0.412. The van der Waals surface area contributed by atoms with Gasteiger partial charge in [0.05, 0.1) is 30.6 Å². The smallest absolute Gasteiger partial charge is 0.258 e. The van der Waals surface area contributed by atoms with Gasteiger partial charge in [0.2, 0.25) is 11.8 Å². The number of rotatable bonds is 3. The van der Waals surface area contributed by atoms with Crippen LogP contribution in [0.2, 0.25) is 0 Å². The van der Waals surface area contributed by atoms with Crippen molar-refractivity contribution in [1.29, 1.82) is 0 Å². The molecule has 1 aromatic heterocycles. The summed E-state index contributed by atoms with van der Waals surface area (Å²) in [5.41, 5.74) is 0.460. The summed E-state index contributed by atoms with van der Waals surface area (Å²) >= 11 is 0. The number of amides is 2. The normalized spacial score (nSPS) is 30.4. The van der Waals surface area contributed by atoms with Crippen LogP contribution >= 0.6 is 0 Å². The van der Waals surface area contributed by atoms with E-state index in [1.54, 1.807) is 18.2 Å². The summed E-state index contributed by atoms with van der Waals surface area (Å²) in [4.78, 5) is 30.5. The van der Waals surface area contributed by atoms with Crippen LogP contribution < -0.4 is 4.90 Å². The summed E-state index contributed by atoms with van der Waals surface area (Å²) in [5.74, 6) is -1.68. The van der Waals surface area contributed by atoms with Gasteiger partial charge in [-0.25, -0.2) is 14.0 Å². The summed E-state index contributed by atoms with van der Waals surface area (Å²) < 4.78 is 20.9. The second-order valence-corrected chi connectivity index (χ2v) is 6.69. The number of benzene rings is 1. The molecule has 1 aromatic carbocycles. The number of fused-ring (bicyclic) bond motifs is 5. The Bertz CT molecular complexity index is 854. The Balaban J connectivity index is 1.41. The van der Waals surface area contributed by atoms with Gasteiger partial charge in [-0.2, -0.15) is 4.98 Å². The summed E-state index contributed by atoms with van der Waals surface area (Å²) in [6.07, 6.45) is 2.69. The van der Waals surface area contributed by atoms with Crippen LogP contribution in [-0.2, 0) is 20.9 Å². The molecule has 0 radical (unpaired) electrons. The predicted octanol–water partition coefficient (Wildman–Crippen LogP) is 1.13. The second-order valence-electron chi connectivity index (χ2n) is 6.69. The van der Waals surface area contributed by atoms with Crippen LogP contribution in [0.3, 0.4) is 0 Å². The average molecular weight is 342 g/mol. The lowest BCUT2D eigenvalue weighted by molar-refractivity contribution is -0.124. The van der Waals surface area contributed by atoms with Crippen LogP contribution in [0.5, 0.6) is 0 Å². The minimum absolute atomic E-state index is 0.0557. The Morgan fingerprint density at radius 3 is 2.48 bits per heavy atom. The van der Waals surface area contributed by atoms with E-state index in [2.05, 4.69) is 10.1 Å². The lowest BCUT2D eigenvalue weighted by Gasteiger charge is -2.14. The maximum absolute atomic E-state index is 13.8. The van der Waals surface area contributed by atoms with Crippen LogP contribution in [0.25, 0.3) is 0 Å². The number of imide groups is 1. The Morgan fingerprint density at radius 2 is 1.80 bits per heavy atom. The fraction of sp³-hybridized carbons (Fsp3) is 0.412.